The van der Waals surface area contributed by atoms with Gasteiger partial charge in [-0.25, -0.2) is 22.0 Å². The maximum atomic E-state index is 14.2. The van der Waals surface area contributed by atoms with Gasteiger partial charge >= 0.3 is 0 Å². The molecule has 18 nitrogen and oxygen atoms in total. The van der Waals surface area contributed by atoms with Crippen molar-refractivity contribution in [3.8, 4) is 134 Å². The van der Waals surface area contributed by atoms with Crippen molar-refractivity contribution in [1.29, 1.82) is 21.6 Å². The van der Waals surface area contributed by atoms with Crippen LogP contribution in [0.4, 0.5) is 44.7 Å². The number of rotatable bonds is 16. The Balaban J connectivity index is 0.000000127. The zero-order valence-corrected chi connectivity index (χ0v) is 78.3. The van der Waals surface area contributed by atoms with Crippen molar-refractivity contribution in [2.75, 3.05) is 22.9 Å². The summed E-state index contributed by atoms with van der Waals surface area (Å²) in [5.74, 6) is -1.32. The van der Waals surface area contributed by atoms with Gasteiger partial charge in [-0.2, -0.15) is 10.2 Å². The van der Waals surface area contributed by atoms with E-state index in [1.165, 1.54) is 79.0 Å². The molecule has 20 aromatic rings. The SMILES string of the molecule is Cc1cccc(-c2ncc(C)cc2-c2ccc(N)c(C=N)c2)c1.Cc1cnc(-c2ccc(F)c(C)c2)c(-c2ccc3[nH]ncc3c2)c1.Cc1cnc(-c2ccc(F)cc2)c(-c2ccc3[nH]ncc3c2)c1.Cc1cnc(-c2ccc(F)cc2C)c(-c2ccc(N)c(C=N)c2)c1.Cc1cnc(-c2cccc(F)c2)c(-c2ccc(N)c(C=N)c2)c1.Cc1cnc(-c2ccccc2F)c(-c2ccc(N)c(C=N)c2)c1. The Morgan fingerprint density at radius 2 is 0.557 bits per heavy atom. The molecule has 692 valence electrons. The van der Waals surface area contributed by atoms with E-state index < -0.39 is 0 Å². The number of nitrogen functional groups attached to an aromatic ring is 4. The smallest absolute Gasteiger partial charge is 0.132 e. The second-order valence-corrected chi connectivity index (χ2v) is 34.0. The summed E-state index contributed by atoms with van der Waals surface area (Å²) < 4.78 is 68.0. The van der Waals surface area contributed by atoms with Gasteiger partial charge in [0.25, 0.3) is 0 Å². The number of nitrogens with zero attached hydrogens (tertiary/aromatic N) is 8. The van der Waals surface area contributed by atoms with Crippen molar-refractivity contribution in [2.45, 2.75) is 62.3 Å². The van der Waals surface area contributed by atoms with E-state index in [9.17, 15) is 22.0 Å². The molecule has 0 atom stereocenters. The van der Waals surface area contributed by atoms with E-state index in [0.29, 0.717) is 67.5 Å². The third kappa shape index (κ3) is 22.8. The molecule has 14 N–H and O–H groups in total. The summed E-state index contributed by atoms with van der Waals surface area (Å²) >= 11 is 0. The topological polar surface area (TPSA) is 334 Å². The van der Waals surface area contributed by atoms with Gasteiger partial charge in [0.2, 0.25) is 0 Å². The number of anilines is 4. The molecule has 12 aromatic carbocycles. The van der Waals surface area contributed by atoms with Gasteiger partial charge in [-0.15, -0.1) is 0 Å². The molecule has 20 rings (SSSR count). The van der Waals surface area contributed by atoms with E-state index in [4.69, 9.17) is 44.6 Å². The quantitative estimate of drug-likeness (QED) is 0.0245. The first kappa shape index (κ1) is 96.6. The first-order valence-electron chi connectivity index (χ1n) is 44.7. The van der Waals surface area contributed by atoms with E-state index in [-0.39, 0.29) is 29.1 Å². The van der Waals surface area contributed by atoms with Crippen LogP contribution in [0.2, 0.25) is 0 Å². The highest BCUT2D eigenvalue weighted by atomic mass is 19.1. The average Bonchev–Trinajstić information content (AvgIpc) is 1.08. The Labute approximate surface area is 808 Å². The van der Waals surface area contributed by atoms with E-state index in [0.717, 1.165) is 178 Å². The highest BCUT2D eigenvalue weighted by Gasteiger charge is 2.21. The van der Waals surface area contributed by atoms with E-state index in [2.05, 4.69) is 112 Å². The molecule has 0 spiro atoms. The molecule has 0 aliphatic heterocycles. The number of aryl methyl sites for hydroxylation is 9. The lowest BCUT2D eigenvalue weighted by molar-refractivity contribution is 0.618. The number of aromatic amines is 2. The van der Waals surface area contributed by atoms with Gasteiger partial charge in [0.15, 0.2) is 0 Å². The van der Waals surface area contributed by atoms with Gasteiger partial charge in [0.05, 0.1) is 57.6 Å². The van der Waals surface area contributed by atoms with Crippen molar-refractivity contribution >= 4 is 69.4 Å². The van der Waals surface area contributed by atoms with Crippen LogP contribution < -0.4 is 22.9 Å². The third-order valence-corrected chi connectivity index (χ3v) is 23.4. The van der Waals surface area contributed by atoms with Gasteiger partial charge in [0, 0.05) is 185 Å². The number of pyridine rings is 6. The normalized spacial score (nSPS) is 10.7. The van der Waals surface area contributed by atoms with Gasteiger partial charge < -0.3 is 44.6 Å². The van der Waals surface area contributed by atoms with Crippen LogP contribution in [0.15, 0.2) is 329 Å². The zero-order valence-electron chi connectivity index (χ0n) is 78.3. The van der Waals surface area contributed by atoms with Crippen molar-refractivity contribution in [3.63, 3.8) is 0 Å². The molecular formula is C117H99F5N18. The minimum absolute atomic E-state index is 0.202. The Morgan fingerprint density at radius 1 is 0.229 bits per heavy atom. The van der Waals surface area contributed by atoms with Gasteiger partial charge in [-0.05, 0) is 340 Å². The third-order valence-electron chi connectivity index (χ3n) is 23.4. The summed E-state index contributed by atoms with van der Waals surface area (Å²) in [7, 11) is 0. The van der Waals surface area contributed by atoms with Crippen molar-refractivity contribution in [2.24, 2.45) is 0 Å². The summed E-state index contributed by atoms with van der Waals surface area (Å²) in [4.78, 5) is 27.4. The molecule has 0 saturated heterocycles. The summed E-state index contributed by atoms with van der Waals surface area (Å²) in [5, 5.41) is 46.1. The number of benzene rings is 12. The molecule has 8 aromatic heterocycles. The standard InChI is InChI=1S/C20H16FN3.C20H18FN3.C20H19N3.C19H14FN3.2C19H16FN3/c1-12-7-17(14-4-6-19-16(9-14)11-23-24-19)20(22-10-12)15-3-5-18(21)13(2)8-15;1-12-7-18(14-3-6-19(23)15(9-14)10-22)20(24-11-12)17-5-4-16(21)8-13(17)2;1-13-4-3-5-16(8-13)20-18(9-14(2)12-23-20)15-6-7-19(22)17(10-15)11-21;1-12-8-17(14-4-7-18-15(9-14)11-22-23-18)19(21-10-12)13-2-5-16(20)6-3-13;1-12-7-17(13-5-6-18(22)15(8-13)10-21)19(23-11-12)14-3-2-4-16(20)9-14;1-12-8-16(13-6-7-18(22)14(9-13)10-21)19(23-11-12)15-4-2-3-5-17(15)20/h3-11H,1-2H3,(H,23,24);3-11,22H,23H2,1-2H3;3-12,21H,22H2,1-2H3;2-11H,1H3,(H,22,23);2*2-11,21H,22H2,1H3. The lowest BCUT2D eigenvalue weighted by Crippen LogP contribution is -1.96. The van der Waals surface area contributed by atoms with Gasteiger partial charge in [-0.3, -0.25) is 40.1 Å². The highest BCUT2D eigenvalue weighted by Crippen LogP contribution is 2.42. The van der Waals surface area contributed by atoms with E-state index in [1.807, 2.05) is 182 Å². The van der Waals surface area contributed by atoms with Crippen LogP contribution in [0.3, 0.4) is 0 Å². The number of hydrogen-bond acceptors (Lipinski definition) is 16. The molecule has 0 aliphatic carbocycles. The minimum Gasteiger partial charge on any atom is -0.398 e. The second kappa shape index (κ2) is 43.6. The first-order chi connectivity index (χ1) is 67.6. The molecule has 0 bridgehead atoms. The van der Waals surface area contributed by atoms with Crippen LogP contribution in [-0.4, -0.2) is 75.2 Å². The molecule has 0 amide bonds. The molecule has 140 heavy (non-hydrogen) atoms. The molecule has 0 fully saturated rings. The first-order valence-corrected chi connectivity index (χ1v) is 44.7. The van der Waals surface area contributed by atoms with Crippen LogP contribution in [0, 0.1) is 113 Å². The van der Waals surface area contributed by atoms with E-state index in [1.54, 1.807) is 98.4 Å². The predicted octanol–water partition coefficient (Wildman–Crippen LogP) is 28.0. The van der Waals surface area contributed by atoms with E-state index >= 15 is 0 Å². The van der Waals surface area contributed by atoms with Gasteiger partial charge in [-0.1, -0.05) is 84.4 Å². The lowest BCUT2D eigenvalue weighted by atomic mass is 9.94. The Morgan fingerprint density at radius 3 is 0.943 bits per heavy atom. The average molecular weight is 1850 g/mol. The molecule has 0 unspecified atom stereocenters. The maximum Gasteiger partial charge on any atom is 0.132 e. The highest BCUT2D eigenvalue weighted by molar-refractivity contribution is 5.96. The number of nitrogens with one attached hydrogen (secondary N) is 6. The number of H-pyrrole nitrogens is 2. The Hall–Kier alpha value is -18.0. The minimum atomic E-state index is -0.312. The van der Waals surface area contributed by atoms with Gasteiger partial charge in [0.1, 0.15) is 29.1 Å². The molecule has 23 heteroatoms. The number of fused-ring (bicyclic) bond motifs is 2. The second-order valence-electron chi connectivity index (χ2n) is 34.0. The fourth-order valence-corrected chi connectivity index (χ4v) is 16.1. The summed E-state index contributed by atoms with van der Waals surface area (Å²) in [6, 6.07) is 84.5. The largest absolute Gasteiger partial charge is 0.398 e. The number of aromatic nitrogens is 10. The van der Waals surface area contributed by atoms with Crippen LogP contribution in [-0.2, 0) is 0 Å². The van der Waals surface area contributed by atoms with Crippen LogP contribution in [0.1, 0.15) is 72.3 Å². The number of nitrogens with two attached hydrogens (primary N) is 4. The molecule has 0 radical (unpaired) electrons. The Bertz CT molecular complexity index is 7900. The maximum absolute atomic E-state index is 14.2. The van der Waals surface area contributed by atoms with Crippen molar-refractivity contribution < 1.29 is 22.0 Å². The van der Waals surface area contributed by atoms with Crippen LogP contribution in [0.25, 0.3) is 156 Å². The number of halogens is 5. The summed E-state index contributed by atoms with van der Waals surface area (Å²) in [5.41, 5.74) is 60.6. The summed E-state index contributed by atoms with van der Waals surface area (Å²) in [6.45, 7) is 17.7. The van der Waals surface area contributed by atoms with Crippen LogP contribution in [0.5, 0.6) is 0 Å². The lowest BCUT2D eigenvalue weighted by Gasteiger charge is -2.13. The Kier molecular flexibility index (Phi) is 30.1. The van der Waals surface area contributed by atoms with Crippen molar-refractivity contribution in [1.82, 2.24) is 50.3 Å². The molecule has 0 saturated carbocycles. The predicted molar refractivity (Wildman–Crippen MR) is 562 cm³/mol. The molecule has 0 aliphatic rings. The number of hydrogen-bond donors (Lipinski definition) is 10. The summed E-state index contributed by atoms with van der Waals surface area (Å²) in [6.07, 6.45) is 19.4. The fraction of sp³-hybridized carbons (Fsp3) is 0.0769. The monoisotopic (exact) mass is 1850 g/mol. The molecular weight excluding hydrogens is 1750 g/mol. The van der Waals surface area contributed by atoms with Crippen molar-refractivity contribution in [3.05, 3.63) is 430 Å². The fourth-order valence-electron chi connectivity index (χ4n) is 16.1. The molecule has 8 heterocycles. The van der Waals surface area contributed by atoms with Crippen LogP contribution >= 0.6 is 0 Å². The zero-order chi connectivity index (χ0) is 99.0.